The van der Waals surface area contributed by atoms with E-state index < -0.39 is 18.1 Å². The predicted octanol–water partition coefficient (Wildman–Crippen LogP) is 2.28. The summed E-state index contributed by atoms with van der Waals surface area (Å²) < 4.78 is 15.8. The van der Waals surface area contributed by atoms with Crippen LogP contribution in [0.5, 0.6) is 11.5 Å². The van der Waals surface area contributed by atoms with Gasteiger partial charge in [0, 0.05) is 24.2 Å². The van der Waals surface area contributed by atoms with Crippen molar-refractivity contribution >= 4 is 12.0 Å². The summed E-state index contributed by atoms with van der Waals surface area (Å²) in [5, 5.41) is 2.83. The lowest BCUT2D eigenvalue weighted by molar-refractivity contribution is -0.144. The summed E-state index contributed by atoms with van der Waals surface area (Å²) in [7, 11) is 4.47. The van der Waals surface area contributed by atoms with Crippen LogP contribution in [0.3, 0.4) is 0 Å². The van der Waals surface area contributed by atoms with E-state index >= 15 is 0 Å². The van der Waals surface area contributed by atoms with Gasteiger partial charge in [0.1, 0.15) is 23.6 Å². The highest BCUT2D eigenvalue weighted by Gasteiger charge is 2.38. The second-order valence-electron chi connectivity index (χ2n) is 7.41. The first-order chi connectivity index (χ1) is 14.4. The largest absolute Gasteiger partial charge is 0.497 e. The average Bonchev–Trinajstić information content (AvgIpc) is 3.24. The van der Waals surface area contributed by atoms with Crippen LogP contribution in [0.4, 0.5) is 4.79 Å². The number of carbonyl (C=O) groups excluding carboxylic acids is 2. The van der Waals surface area contributed by atoms with Gasteiger partial charge in [-0.2, -0.15) is 0 Å². The first-order valence-corrected chi connectivity index (χ1v) is 9.80. The predicted molar refractivity (Wildman–Crippen MR) is 110 cm³/mol. The summed E-state index contributed by atoms with van der Waals surface area (Å²) in [5.74, 6) is 0.648. The molecule has 2 unspecified atom stereocenters. The van der Waals surface area contributed by atoms with E-state index in [2.05, 4.69) is 15.3 Å². The van der Waals surface area contributed by atoms with Gasteiger partial charge in [-0.15, -0.1) is 0 Å². The number of esters is 1. The summed E-state index contributed by atoms with van der Waals surface area (Å²) in [4.78, 5) is 34.8. The second-order valence-corrected chi connectivity index (χ2v) is 7.41. The zero-order valence-corrected chi connectivity index (χ0v) is 17.9. The zero-order valence-electron chi connectivity index (χ0n) is 17.9. The Labute approximate surface area is 175 Å². The first kappa shape index (κ1) is 21.5. The number of ether oxygens (including phenoxy) is 3. The number of carbonyl (C=O) groups is 2. The quantitative estimate of drug-likeness (QED) is 0.700. The van der Waals surface area contributed by atoms with Crippen LogP contribution in [0, 0.1) is 5.92 Å². The number of amides is 2. The first-order valence-electron chi connectivity index (χ1n) is 9.80. The lowest BCUT2D eigenvalue weighted by Crippen LogP contribution is -2.53. The number of aromatic amines is 1. The Morgan fingerprint density at radius 1 is 1.23 bits per heavy atom. The fourth-order valence-corrected chi connectivity index (χ4v) is 3.70. The lowest BCUT2D eigenvalue weighted by Gasteiger charge is -2.37. The SMILES string of the molecule is COC(=O)C(NC(=O)N1CCc2[nH]cnc2C1c1cc(OC)ccc1OC)C(C)C. The Kier molecular flexibility index (Phi) is 6.49. The van der Waals surface area contributed by atoms with E-state index in [1.54, 1.807) is 37.6 Å². The molecule has 0 spiro atoms. The van der Waals surface area contributed by atoms with Gasteiger partial charge in [0.05, 0.1) is 33.4 Å². The summed E-state index contributed by atoms with van der Waals surface area (Å²) in [5.41, 5.74) is 2.45. The lowest BCUT2D eigenvalue weighted by atomic mass is 9.94. The number of imidazole rings is 1. The molecule has 9 nitrogen and oxygen atoms in total. The number of nitrogens with zero attached hydrogens (tertiary/aromatic N) is 2. The normalized spacial score (nSPS) is 16.6. The van der Waals surface area contributed by atoms with Crippen molar-refractivity contribution in [3.05, 3.63) is 41.5 Å². The van der Waals surface area contributed by atoms with Crippen molar-refractivity contribution in [2.75, 3.05) is 27.9 Å². The van der Waals surface area contributed by atoms with Crippen molar-refractivity contribution in [1.29, 1.82) is 0 Å². The van der Waals surface area contributed by atoms with Crippen LogP contribution < -0.4 is 14.8 Å². The third-order valence-electron chi connectivity index (χ3n) is 5.32. The molecule has 2 amide bonds. The highest BCUT2D eigenvalue weighted by Crippen LogP contribution is 2.39. The Hall–Kier alpha value is -3.23. The molecule has 1 aliphatic heterocycles. The standard InChI is InChI=1S/C21H28N4O5/c1-12(2)17(20(26)30-5)24-21(27)25-9-8-15-18(23-11-22-15)19(25)14-10-13(28-3)6-7-16(14)29-4/h6-7,10-12,17,19H,8-9H2,1-5H3,(H,22,23)(H,24,27). The molecular weight excluding hydrogens is 388 g/mol. The van der Waals surface area contributed by atoms with Gasteiger partial charge >= 0.3 is 12.0 Å². The monoisotopic (exact) mass is 416 g/mol. The van der Waals surface area contributed by atoms with Crippen LogP contribution in [0.15, 0.2) is 24.5 Å². The van der Waals surface area contributed by atoms with E-state index in [1.165, 1.54) is 7.11 Å². The molecule has 0 bridgehead atoms. The molecule has 0 aliphatic carbocycles. The topological polar surface area (TPSA) is 106 Å². The molecule has 3 rings (SSSR count). The van der Waals surface area contributed by atoms with E-state index in [0.717, 1.165) is 17.0 Å². The van der Waals surface area contributed by atoms with Gasteiger partial charge in [-0.1, -0.05) is 13.8 Å². The van der Waals surface area contributed by atoms with Gasteiger partial charge in [-0.25, -0.2) is 14.6 Å². The van der Waals surface area contributed by atoms with Crippen molar-refractivity contribution in [3.8, 4) is 11.5 Å². The average molecular weight is 416 g/mol. The minimum absolute atomic E-state index is 0.128. The molecule has 2 heterocycles. The van der Waals surface area contributed by atoms with Crippen molar-refractivity contribution in [3.63, 3.8) is 0 Å². The second kappa shape index (κ2) is 9.06. The van der Waals surface area contributed by atoms with Gasteiger partial charge in [0.2, 0.25) is 0 Å². The summed E-state index contributed by atoms with van der Waals surface area (Å²) in [6.45, 7) is 4.15. The van der Waals surface area contributed by atoms with Crippen molar-refractivity contribution in [1.82, 2.24) is 20.2 Å². The third-order valence-corrected chi connectivity index (χ3v) is 5.32. The van der Waals surface area contributed by atoms with Crippen LogP contribution in [0.1, 0.15) is 36.8 Å². The molecule has 2 atom stereocenters. The molecule has 2 aromatic rings. The van der Waals surface area contributed by atoms with E-state index in [9.17, 15) is 9.59 Å². The zero-order chi connectivity index (χ0) is 21.8. The van der Waals surface area contributed by atoms with Crippen LogP contribution in [-0.4, -0.2) is 60.8 Å². The number of H-pyrrole nitrogens is 1. The molecule has 0 saturated carbocycles. The molecule has 1 aromatic heterocycles. The summed E-state index contributed by atoms with van der Waals surface area (Å²) >= 11 is 0. The van der Waals surface area contributed by atoms with Gasteiger partial charge in [0.25, 0.3) is 0 Å². The maximum atomic E-state index is 13.3. The number of fused-ring (bicyclic) bond motifs is 1. The molecule has 0 fully saturated rings. The fourth-order valence-electron chi connectivity index (χ4n) is 3.70. The van der Waals surface area contributed by atoms with Gasteiger partial charge < -0.3 is 29.4 Å². The third kappa shape index (κ3) is 4.05. The van der Waals surface area contributed by atoms with Crippen molar-refractivity contribution in [2.45, 2.75) is 32.4 Å². The number of nitrogens with one attached hydrogen (secondary N) is 2. The Morgan fingerprint density at radius 2 is 2.00 bits per heavy atom. The number of hydrogen-bond acceptors (Lipinski definition) is 6. The number of hydrogen-bond donors (Lipinski definition) is 2. The summed E-state index contributed by atoms with van der Waals surface area (Å²) in [6.07, 6.45) is 2.24. The highest BCUT2D eigenvalue weighted by molar-refractivity contribution is 5.84. The number of rotatable bonds is 6. The molecule has 1 aromatic carbocycles. The minimum Gasteiger partial charge on any atom is -0.497 e. The molecule has 1 aliphatic rings. The van der Waals surface area contributed by atoms with Crippen molar-refractivity contribution in [2.24, 2.45) is 5.92 Å². The van der Waals surface area contributed by atoms with Gasteiger partial charge in [0.15, 0.2) is 0 Å². The maximum Gasteiger partial charge on any atom is 0.328 e. The molecule has 162 valence electrons. The summed E-state index contributed by atoms with van der Waals surface area (Å²) in [6, 6.07) is 3.81. The fraction of sp³-hybridized carbons (Fsp3) is 0.476. The molecular formula is C21H28N4O5. The number of urea groups is 1. The number of aromatic nitrogens is 2. The minimum atomic E-state index is -0.754. The Bertz CT molecular complexity index is 911. The molecule has 30 heavy (non-hydrogen) atoms. The Balaban J connectivity index is 2.02. The van der Waals surface area contributed by atoms with E-state index in [-0.39, 0.29) is 11.9 Å². The number of benzene rings is 1. The van der Waals surface area contributed by atoms with Crippen molar-refractivity contribution < 1.29 is 23.8 Å². The highest BCUT2D eigenvalue weighted by atomic mass is 16.5. The van der Waals surface area contributed by atoms with Gasteiger partial charge in [-0.05, 0) is 24.1 Å². The van der Waals surface area contributed by atoms with E-state index in [1.807, 2.05) is 19.9 Å². The van der Waals surface area contributed by atoms with Crippen LogP contribution >= 0.6 is 0 Å². The molecule has 9 heteroatoms. The van der Waals surface area contributed by atoms with Crippen LogP contribution in [0.25, 0.3) is 0 Å². The van der Waals surface area contributed by atoms with E-state index in [0.29, 0.717) is 24.5 Å². The molecule has 2 N–H and O–H groups in total. The Morgan fingerprint density at radius 3 is 2.63 bits per heavy atom. The van der Waals surface area contributed by atoms with Gasteiger partial charge in [-0.3, -0.25) is 0 Å². The van der Waals surface area contributed by atoms with E-state index in [4.69, 9.17) is 14.2 Å². The van der Waals surface area contributed by atoms with Crippen LogP contribution in [-0.2, 0) is 16.0 Å². The smallest absolute Gasteiger partial charge is 0.328 e. The maximum absolute atomic E-state index is 13.3. The molecule has 0 saturated heterocycles. The molecule has 0 radical (unpaired) electrons. The number of methoxy groups -OCH3 is 3. The van der Waals surface area contributed by atoms with Crippen LogP contribution in [0.2, 0.25) is 0 Å².